The minimum Gasteiger partial charge on any atom is -0.341 e. The Hall–Kier alpha value is -1.10. The second kappa shape index (κ2) is 3.57. The molecule has 2 heterocycles. The molecule has 0 radical (unpaired) electrons. The summed E-state index contributed by atoms with van der Waals surface area (Å²) < 4.78 is 0. The van der Waals surface area contributed by atoms with Crippen molar-refractivity contribution in [1.29, 1.82) is 0 Å². The van der Waals surface area contributed by atoms with Gasteiger partial charge in [0, 0.05) is 5.92 Å². The summed E-state index contributed by atoms with van der Waals surface area (Å²) in [6.45, 7) is 4.16. The van der Waals surface area contributed by atoms with Crippen LogP contribution in [0, 0.1) is 0 Å². The summed E-state index contributed by atoms with van der Waals surface area (Å²) in [5.74, 6) is 1.19. The zero-order valence-electron chi connectivity index (χ0n) is 8.40. The highest BCUT2D eigenvalue weighted by Gasteiger charge is 2.10. The molecule has 2 aromatic rings. The molecule has 2 aromatic heterocycles. The Morgan fingerprint density at radius 2 is 2.14 bits per heavy atom. The smallest absolute Gasteiger partial charge is 0.182 e. The van der Waals surface area contributed by atoms with Crippen LogP contribution in [0.1, 0.15) is 25.6 Å². The molecule has 5 heteroatoms. The molecule has 0 aliphatic rings. The van der Waals surface area contributed by atoms with Crippen molar-refractivity contribution in [3.63, 3.8) is 0 Å². The second-order valence-electron chi connectivity index (χ2n) is 3.35. The number of nitrogens with one attached hydrogen (secondary N) is 1. The molecule has 14 heavy (non-hydrogen) atoms. The zero-order chi connectivity index (χ0) is 10.1. The third-order valence-electron chi connectivity index (χ3n) is 1.98. The first-order chi connectivity index (χ1) is 6.72. The lowest BCUT2D eigenvalue weighted by molar-refractivity contribution is 0.764. The average Bonchev–Trinajstić information content (AvgIpc) is 2.63. The summed E-state index contributed by atoms with van der Waals surface area (Å²) in [4.78, 5) is 16.0. The second-order valence-corrected chi connectivity index (χ2v) is 4.14. The van der Waals surface area contributed by atoms with E-state index in [0.29, 0.717) is 5.92 Å². The van der Waals surface area contributed by atoms with Gasteiger partial charge >= 0.3 is 0 Å². The van der Waals surface area contributed by atoms with Crippen LogP contribution < -0.4 is 0 Å². The maximum Gasteiger partial charge on any atom is 0.182 e. The van der Waals surface area contributed by atoms with Gasteiger partial charge in [-0.2, -0.15) is 0 Å². The summed E-state index contributed by atoms with van der Waals surface area (Å²) >= 11 is 1.61. The molecule has 0 atom stereocenters. The Bertz CT molecular complexity index is 449. The van der Waals surface area contributed by atoms with Crippen LogP contribution in [-0.4, -0.2) is 26.2 Å². The first-order valence-corrected chi connectivity index (χ1v) is 5.70. The fourth-order valence-corrected chi connectivity index (χ4v) is 1.77. The van der Waals surface area contributed by atoms with Gasteiger partial charge < -0.3 is 4.98 Å². The molecule has 0 spiro atoms. The van der Waals surface area contributed by atoms with E-state index in [-0.39, 0.29) is 0 Å². The Morgan fingerprint density at radius 1 is 1.36 bits per heavy atom. The fourth-order valence-electron chi connectivity index (χ4n) is 1.23. The molecular formula is C9H12N4S. The predicted molar refractivity (Wildman–Crippen MR) is 57.6 cm³/mol. The third-order valence-corrected chi connectivity index (χ3v) is 2.66. The van der Waals surface area contributed by atoms with Crippen molar-refractivity contribution < 1.29 is 0 Å². The first kappa shape index (κ1) is 9.45. The van der Waals surface area contributed by atoms with Crippen molar-refractivity contribution in [2.75, 3.05) is 6.26 Å². The summed E-state index contributed by atoms with van der Waals surface area (Å²) in [6, 6.07) is 0. The van der Waals surface area contributed by atoms with Crippen LogP contribution in [0.3, 0.4) is 0 Å². The van der Waals surface area contributed by atoms with E-state index in [1.807, 2.05) is 6.26 Å². The van der Waals surface area contributed by atoms with Crippen molar-refractivity contribution in [2.45, 2.75) is 24.8 Å². The van der Waals surface area contributed by atoms with E-state index in [2.05, 4.69) is 33.8 Å². The third kappa shape index (κ3) is 1.48. The van der Waals surface area contributed by atoms with Gasteiger partial charge in [-0.25, -0.2) is 15.0 Å². The molecule has 0 aromatic carbocycles. The van der Waals surface area contributed by atoms with Gasteiger partial charge in [0.15, 0.2) is 5.65 Å². The molecular weight excluding hydrogens is 196 g/mol. The molecule has 0 unspecified atom stereocenters. The van der Waals surface area contributed by atoms with E-state index in [9.17, 15) is 0 Å². The molecule has 0 aliphatic heterocycles. The predicted octanol–water partition coefficient (Wildman–Crippen LogP) is 2.20. The highest BCUT2D eigenvalue weighted by Crippen LogP contribution is 2.22. The number of imidazole rings is 1. The lowest BCUT2D eigenvalue weighted by Crippen LogP contribution is -1.99. The number of thioether (sulfide) groups is 1. The van der Waals surface area contributed by atoms with Crippen LogP contribution in [0.25, 0.3) is 11.2 Å². The van der Waals surface area contributed by atoms with Crippen LogP contribution >= 0.6 is 11.8 Å². The molecule has 1 N–H and O–H groups in total. The summed E-state index contributed by atoms with van der Waals surface area (Å²) in [5.41, 5.74) is 1.69. The van der Waals surface area contributed by atoms with Crippen LogP contribution in [0.2, 0.25) is 0 Å². The van der Waals surface area contributed by atoms with Crippen LogP contribution in [0.4, 0.5) is 0 Å². The van der Waals surface area contributed by atoms with Crippen molar-refractivity contribution >= 4 is 22.9 Å². The molecule has 0 saturated heterocycles. The fraction of sp³-hybridized carbons (Fsp3) is 0.444. The summed E-state index contributed by atoms with van der Waals surface area (Å²) in [7, 11) is 0. The van der Waals surface area contributed by atoms with Crippen LogP contribution in [0.15, 0.2) is 11.4 Å². The lowest BCUT2D eigenvalue weighted by Gasteiger charge is -2.05. The Balaban J connectivity index is 2.67. The number of hydrogen-bond donors (Lipinski definition) is 1. The number of aromatic amines is 1. The molecule has 0 fully saturated rings. The van der Waals surface area contributed by atoms with Crippen LogP contribution in [0.5, 0.6) is 0 Å². The van der Waals surface area contributed by atoms with Gasteiger partial charge in [-0.3, -0.25) is 0 Å². The highest BCUT2D eigenvalue weighted by molar-refractivity contribution is 7.98. The minimum absolute atomic E-state index is 0.335. The maximum atomic E-state index is 4.47. The molecule has 0 aliphatic carbocycles. The van der Waals surface area contributed by atoms with Gasteiger partial charge in [-0.1, -0.05) is 13.8 Å². The topological polar surface area (TPSA) is 54.5 Å². The van der Waals surface area contributed by atoms with E-state index in [1.54, 1.807) is 18.1 Å². The van der Waals surface area contributed by atoms with E-state index in [0.717, 1.165) is 22.0 Å². The zero-order valence-corrected chi connectivity index (χ0v) is 9.22. The Kier molecular flexibility index (Phi) is 2.41. The van der Waals surface area contributed by atoms with E-state index in [1.165, 1.54) is 0 Å². The number of rotatable bonds is 2. The quantitative estimate of drug-likeness (QED) is 0.607. The van der Waals surface area contributed by atoms with E-state index in [4.69, 9.17) is 0 Å². The highest BCUT2D eigenvalue weighted by atomic mass is 32.2. The molecule has 2 rings (SSSR count). The summed E-state index contributed by atoms with van der Waals surface area (Å²) in [5, 5.41) is 0.969. The Morgan fingerprint density at radius 3 is 2.79 bits per heavy atom. The van der Waals surface area contributed by atoms with Gasteiger partial charge in [0.1, 0.15) is 16.4 Å². The standard InChI is InChI=1S/C9H12N4S/c1-5(2)7-12-8-6(10-4-11-8)9(13-7)14-3/h4-5H,1-3H3,(H,10,11,12,13). The van der Waals surface area contributed by atoms with E-state index >= 15 is 0 Å². The van der Waals surface area contributed by atoms with Gasteiger partial charge in [0.2, 0.25) is 0 Å². The maximum absolute atomic E-state index is 4.47. The number of aromatic nitrogens is 4. The van der Waals surface area contributed by atoms with E-state index < -0.39 is 0 Å². The van der Waals surface area contributed by atoms with Crippen molar-refractivity contribution in [3.8, 4) is 0 Å². The van der Waals surface area contributed by atoms with Gasteiger partial charge in [-0.05, 0) is 6.26 Å². The van der Waals surface area contributed by atoms with Gasteiger partial charge in [0.05, 0.1) is 6.33 Å². The van der Waals surface area contributed by atoms with Crippen molar-refractivity contribution in [3.05, 3.63) is 12.2 Å². The number of nitrogens with zero attached hydrogens (tertiary/aromatic N) is 3. The molecule has 0 saturated carbocycles. The number of H-pyrrole nitrogens is 1. The molecule has 74 valence electrons. The van der Waals surface area contributed by atoms with Gasteiger partial charge in [0.25, 0.3) is 0 Å². The summed E-state index contributed by atoms with van der Waals surface area (Å²) in [6.07, 6.45) is 3.66. The monoisotopic (exact) mass is 208 g/mol. The number of fused-ring (bicyclic) bond motifs is 1. The number of hydrogen-bond acceptors (Lipinski definition) is 4. The minimum atomic E-state index is 0.335. The molecule has 0 amide bonds. The van der Waals surface area contributed by atoms with Crippen LogP contribution in [-0.2, 0) is 0 Å². The van der Waals surface area contributed by atoms with Crippen molar-refractivity contribution in [1.82, 2.24) is 19.9 Å². The SMILES string of the molecule is CSc1nc(C(C)C)nc2nc[nH]c12. The molecule has 4 nitrogen and oxygen atoms in total. The molecule has 0 bridgehead atoms. The van der Waals surface area contributed by atoms with Crippen molar-refractivity contribution in [2.24, 2.45) is 0 Å². The largest absolute Gasteiger partial charge is 0.341 e. The Labute approximate surface area is 86.6 Å². The first-order valence-electron chi connectivity index (χ1n) is 4.47. The normalized spacial score (nSPS) is 11.4. The average molecular weight is 208 g/mol. The van der Waals surface area contributed by atoms with Gasteiger partial charge in [-0.15, -0.1) is 11.8 Å². The lowest BCUT2D eigenvalue weighted by atomic mass is 10.2.